The normalized spacial score (nSPS) is 12.7. The fourth-order valence-corrected chi connectivity index (χ4v) is 2.09. The summed E-state index contributed by atoms with van der Waals surface area (Å²) in [6.07, 6.45) is 3.90. The quantitative estimate of drug-likeness (QED) is 0.588. The molecular formula is C12H20N2OS. The molecule has 0 aliphatic carbocycles. The van der Waals surface area contributed by atoms with E-state index in [0.29, 0.717) is 0 Å². The van der Waals surface area contributed by atoms with E-state index in [9.17, 15) is 0 Å². The number of methoxy groups -OCH3 is 1. The summed E-state index contributed by atoms with van der Waals surface area (Å²) in [7, 11) is 1.73. The number of aromatic nitrogens is 1. The molecule has 1 atom stereocenters. The topological polar surface area (TPSA) is 48.1 Å². The molecule has 0 aliphatic rings. The maximum absolute atomic E-state index is 5.90. The second-order valence-corrected chi connectivity index (χ2v) is 4.80. The Kier molecular flexibility index (Phi) is 6.45. The number of nitrogens with zero attached hydrogens (tertiary/aromatic N) is 1. The van der Waals surface area contributed by atoms with E-state index in [1.165, 1.54) is 4.90 Å². The first kappa shape index (κ1) is 13.5. The summed E-state index contributed by atoms with van der Waals surface area (Å²) in [4.78, 5) is 5.57. The Balaban J connectivity index is 2.39. The Morgan fingerprint density at radius 3 is 2.88 bits per heavy atom. The van der Waals surface area contributed by atoms with Crippen molar-refractivity contribution in [1.29, 1.82) is 0 Å². The third-order valence-corrected chi connectivity index (χ3v) is 3.41. The molecule has 0 radical (unpaired) electrons. The molecule has 90 valence electrons. The third kappa shape index (κ3) is 4.51. The van der Waals surface area contributed by atoms with Gasteiger partial charge in [-0.3, -0.25) is 4.98 Å². The number of rotatable bonds is 7. The summed E-state index contributed by atoms with van der Waals surface area (Å²) in [5.74, 6) is 1.06. The molecule has 4 heteroatoms. The van der Waals surface area contributed by atoms with Crippen molar-refractivity contribution >= 4 is 11.8 Å². The average molecular weight is 240 g/mol. The van der Waals surface area contributed by atoms with Gasteiger partial charge >= 0.3 is 0 Å². The van der Waals surface area contributed by atoms with Crippen LogP contribution < -0.4 is 5.73 Å². The zero-order valence-corrected chi connectivity index (χ0v) is 10.8. The van der Waals surface area contributed by atoms with E-state index in [-0.39, 0.29) is 6.04 Å². The first-order valence-electron chi connectivity index (χ1n) is 5.61. The smallest absolute Gasteiger partial charge is 0.0571 e. The molecule has 0 aliphatic heterocycles. The highest BCUT2D eigenvalue weighted by molar-refractivity contribution is 7.99. The lowest BCUT2D eigenvalue weighted by Gasteiger charge is -2.08. The summed E-state index contributed by atoms with van der Waals surface area (Å²) in [6.45, 7) is 2.89. The van der Waals surface area contributed by atoms with Gasteiger partial charge in [-0.25, -0.2) is 0 Å². The van der Waals surface area contributed by atoms with Gasteiger partial charge in [0.2, 0.25) is 0 Å². The molecule has 1 aromatic heterocycles. The Morgan fingerprint density at radius 2 is 2.31 bits per heavy atom. The summed E-state index contributed by atoms with van der Waals surface area (Å²) in [6, 6.07) is 4.18. The zero-order chi connectivity index (χ0) is 11.8. The minimum absolute atomic E-state index is 0.0625. The summed E-state index contributed by atoms with van der Waals surface area (Å²) >= 11 is 1.81. The first-order chi connectivity index (χ1) is 7.77. The number of hydrogen-bond acceptors (Lipinski definition) is 4. The van der Waals surface area contributed by atoms with E-state index >= 15 is 0 Å². The van der Waals surface area contributed by atoms with E-state index < -0.39 is 0 Å². The lowest BCUT2D eigenvalue weighted by molar-refractivity contribution is 0.200. The molecule has 2 N–H and O–H groups in total. The van der Waals surface area contributed by atoms with Crippen molar-refractivity contribution in [2.75, 3.05) is 19.5 Å². The van der Waals surface area contributed by atoms with Crippen LogP contribution in [0.2, 0.25) is 0 Å². The fourth-order valence-electron chi connectivity index (χ4n) is 1.30. The van der Waals surface area contributed by atoms with Crippen LogP contribution in [0, 0.1) is 0 Å². The minimum Gasteiger partial charge on any atom is -0.385 e. The molecule has 1 heterocycles. The molecule has 16 heavy (non-hydrogen) atoms. The molecule has 1 aromatic rings. The fraction of sp³-hybridized carbons (Fsp3) is 0.583. The van der Waals surface area contributed by atoms with E-state index in [1.807, 2.05) is 12.3 Å². The van der Waals surface area contributed by atoms with Crippen molar-refractivity contribution in [3.05, 3.63) is 24.0 Å². The third-order valence-electron chi connectivity index (χ3n) is 2.34. The van der Waals surface area contributed by atoms with E-state index in [0.717, 1.165) is 30.9 Å². The Hall–Kier alpha value is -0.580. The van der Waals surface area contributed by atoms with Crippen LogP contribution >= 0.6 is 11.8 Å². The molecule has 0 unspecified atom stereocenters. The van der Waals surface area contributed by atoms with Crippen molar-refractivity contribution in [3.63, 3.8) is 0 Å². The standard InChI is InChI=1S/C12H20N2OS/c1-3-11(13)12-6-5-10(9-14-12)16-8-4-7-15-2/h5-6,9,11H,3-4,7-8,13H2,1-2H3/t11-/m1/s1. The molecule has 0 bridgehead atoms. The predicted molar refractivity (Wildman–Crippen MR) is 68.7 cm³/mol. The molecule has 0 saturated heterocycles. The second-order valence-electron chi connectivity index (χ2n) is 3.63. The number of thioether (sulfide) groups is 1. The Morgan fingerprint density at radius 1 is 1.50 bits per heavy atom. The van der Waals surface area contributed by atoms with Gasteiger partial charge in [0.1, 0.15) is 0 Å². The van der Waals surface area contributed by atoms with Crippen molar-refractivity contribution in [2.45, 2.75) is 30.7 Å². The van der Waals surface area contributed by atoms with Crippen LogP contribution in [0.1, 0.15) is 31.5 Å². The maximum atomic E-state index is 5.90. The number of pyridine rings is 1. The predicted octanol–water partition coefficient (Wildman–Crippen LogP) is 2.62. The van der Waals surface area contributed by atoms with Crippen LogP contribution in [0.15, 0.2) is 23.2 Å². The minimum atomic E-state index is 0.0625. The summed E-state index contributed by atoms with van der Waals surface area (Å²) in [5.41, 5.74) is 6.87. The molecule has 0 saturated carbocycles. The average Bonchev–Trinajstić information content (AvgIpc) is 2.34. The Bertz CT molecular complexity index is 290. The van der Waals surface area contributed by atoms with Crippen molar-refractivity contribution in [1.82, 2.24) is 4.98 Å². The van der Waals surface area contributed by atoms with Gasteiger partial charge in [-0.15, -0.1) is 11.8 Å². The molecular weight excluding hydrogens is 220 g/mol. The maximum Gasteiger partial charge on any atom is 0.0571 e. The van der Waals surface area contributed by atoms with Gasteiger partial charge < -0.3 is 10.5 Å². The van der Waals surface area contributed by atoms with Gasteiger partial charge in [0.25, 0.3) is 0 Å². The van der Waals surface area contributed by atoms with Crippen LogP contribution in [-0.4, -0.2) is 24.5 Å². The van der Waals surface area contributed by atoms with E-state index in [4.69, 9.17) is 10.5 Å². The zero-order valence-electron chi connectivity index (χ0n) is 9.98. The van der Waals surface area contributed by atoms with Crippen molar-refractivity contribution in [2.24, 2.45) is 5.73 Å². The van der Waals surface area contributed by atoms with E-state index in [2.05, 4.69) is 18.0 Å². The molecule has 0 spiro atoms. The van der Waals surface area contributed by atoms with E-state index in [1.54, 1.807) is 18.9 Å². The first-order valence-corrected chi connectivity index (χ1v) is 6.59. The van der Waals surface area contributed by atoms with Gasteiger partial charge in [-0.2, -0.15) is 0 Å². The number of ether oxygens (including phenoxy) is 1. The second kappa shape index (κ2) is 7.65. The van der Waals surface area contributed by atoms with Crippen LogP contribution in [0.5, 0.6) is 0 Å². The van der Waals surface area contributed by atoms with Crippen LogP contribution in [-0.2, 0) is 4.74 Å². The van der Waals surface area contributed by atoms with Crippen LogP contribution in [0.25, 0.3) is 0 Å². The lowest BCUT2D eigenvalue weighted by Crippen LogP contribution is -2.10. The summed E-state index contributed by atoms with van der Waals surface area (Å²) < 4.78 is 5.00. The van der Waals surface area contributed by atoms with Gasteiger partial charge in [-0.05, 0) is 25.0 Å². The van der Waals surface area contributed by atoms with Gasteiger partial charge in [0.15, 0.2) is 0 Å². The SMILES string of the molecule is CC[C@@H](N)c1ccc(SCCCOC)cn1. The van der Waals surface area contributed by atoms with Crippen LogP contribution in [0.3, 0.4) is 0 Å². The van der Waals surface area contributed by atoms with Gasteiger partial charge in [0, 0.05) is 36.6 Å². The molecule has 3 nitrogen and oxygen atoms in total. The van der Waals surface area contributed by atoms with Crippen molar-refractivity contribution in [3.8, 4) is 0 Å². The highest BCUT2D eigenvalue weighted by Gasteiger charge is 2.04. The number of nitrogens with two attached hydrogens (primary N) is 1. The molecule has 0 fully saturated rings. The number of hydrogen-bond donors (Lipinski definition) is 1. The van der Waals surface area contributed by atoms with Gasteiger partial charge in [-0.1, -0.05) is 6.92 Å². The van der Waals surface area contributed by atoms with Crippen LogP contribution in [0.4, 0.5) is 0 Å². The molecule has 0 aromatic carbocycles. The molecule has 0 amide bonds. The Labute approximate surface area is 102 Å². The monoisotopic (exact) mass is 240 g/mol. The highest BCUT2D eigenvalue weighted by Crippen LogP contribution is 2.19. The summed E-state index contributed by atoms with van der Waals surface area (Å²) in [5, 5.41) is 0. The largest absolute Gasteiger partial charge is 0.385 e. The van der Waals surface area contributed by atoms with Crippen molar-refractivity contribution < 1.29 is 4.74 Å². The molecule has 1 rings (SSSR count). The highest BCUT2D eigenvalue weighted by atomic mass is 32.2. The lowest BCUT2D eigenvalue weighted by atomic mass is 10.1. The van der Waals surface area contributed by atoms with Gasteiger partial charge in [0.05, 0.1) is 5.69 Å².